The van der Waals surface area contributed by atoms with Crippen molar-refractivity contribution in [1.29, 1.82) is 0 Å². The zero-order valence-corrected chi connectivity index (χ0v) is 13.6. The van der Waals surface area contributed by atoms with Gasteiger partial charge in [-0.3, -0.25) is 11.3 Å². The van der Waals surface area contributed by atoms with E-state index in [1.54, 1.807) is 0 Å². The number of sulfone groups is 1. The highest BCUT2D eigenvalue weighted by Crippen LogP contribution is 2.25. The third-order valence-corrected chi connectivity index (χ3v) is 5.31. The molecule has 0 saturated carbocycles. The van der Waals surface area contributed by atoms with E-state index in [1.165, 1.54) is 15.4 Å². The van der Waals surface area contributed by atoms with Crippen LogP contribution in [0.2, 0.25) is 0 Å². The Morgan fingerprint density at radius 3 is 2.67 bits per heavy atom. The fourth-order valence-corrected chi connectivity index (χ4v) is 3.24. The highest BCUT2D eigenvalue weighted by atomic mass is 127. The summed E-state index contributed by atoms with van der Waals surface area (Å²) in [6, 6.07) is 6.07. The van der Waals surface area contributed by atoms with Crippen molar-refractivity contribution < 1.29 is 8.42 Å². The third kappa shape index (κ3) is 4.83. The quantitative estimate of drug-likeness (QED) is 0.448. The first-order valence-corrected chi connectivity index (χ1v) is 8.88. The summed E-state index contributed by atoms with van der Waals surface area (Å²) in [7, 11) is -2.90. The van der Waals surface area contributed by atoms with Gasteiger partial charge in [0.2, 0.25) is 0 Å². The van der Waals surface area contributed by atoms with Gasteiger partial charge in [0.15, 0.2) is 0 Å². The van der Waals surface area contributed by atoms with Crippen molar-refractivity contribution in [3.63, 3.8) is 0 Å². The molecule has 0 aliphatic carbocycles. The van der Waals surface area contributed by atoms with Crippen LogP contribution in [0.3, 0.4) is 0 Å². The van der Waals surface area contributed by atoms with Crippen LogP contribution in [-0.2, 0) is 9.84 Å². The van der Waals surface area contributed by atoms with Crippen molar-refractivity contribution in [2.45, 2.75) is 25.8 Å². The Labute approximate surface area is 122 Å². The standard InChI is InChI=1S/C12H19IN2O2S/c1-9-5-3-6-10(12(9)13)11(15-14)7-4-8-18(2,16)17/h3,5-6,11,15H,4,7-8,14H2,1-2H3. The number of hydrogen-bond donors (Lipinski definition) is 2. The summed E-state index contributed by atoms with van der Waals surface area (Å²) in [6.07, 6.45) is 2.58. The molecule has 4 nitrogen and oxygen atoms in total. The van der Waals surface area contributed by atoms with Gasteiger partial charge in [-0.25, -0.2) is 8.42 Å². The average molecular weight is 382 g/mol. The van der Waals surface area contributed by atoms with E-state index in [4.69, 9.17) is 5.84 Å². The lowest BCUT2D eigenvalue weighted by Crippen LogP contribution is -2.29. The van der Waals surface area contributed by atoms with Crippen molar-refractivity contribution >= 4 is 32.4 Å². The van der Waals surface area contributed by atoms with Gasteiger partial charge in [0.1, 0.15) is 9.84 Å². The molecule has 1 rings (SSSR count). The molecule has 0 amide bonds. The number of benzene rings is 1. The maximum atomic E-state index is 11.1. The van der Waals surface area contributed by atoms with Gasteiger partial charge >= 0.3 is 0 Å². The molecule has 0 radical (unpaired) electrons. The average Bonchev–Trinajstić information content (AvgIpc) is 2.27. The van der Waals surface area contributed by atoms with E-state index in [2.05, 4.69) is 41.0 Å². The van der Waals surface area contributed by atoms with Crippen LogP contribution in [0.5, 0.6) is 0 Å². The monoisotopic (exact) mass is 382 g/mol. The molecule has 0 aliphatic rings. The van der Waals surface area contributed by atoms with Crippen molar-refractivity contribution in [1.82, 2.24) is 5.43 Å². The minimum atomic E-state index is -2.90. The van der Waals surface area contributed by atoms with Gasteiger partial charge in [-0.15, -0.1) is 0 Å². The molecule has 102 valence electrons. The number of nitrogens with two attached hydrogens (primary N) is 1. The van der Waals surface area contributed by atoms with E-state index >= 15 is 0 Å². The van der Waals surface area contributed by atoms with Crippen LogP contribution in [0.4, 0.5) is 0 Å². The molecule has 0 saturated heterocycles. The molecule has 1 aromatic rings. The van der Waals surface area contributed by atoms with Gasteiger partial charge in [-0.1, -0.05) is 18.2 Å². The second-order valence-electron chi connectivity index (χ2n) is 4.47. The molecule has 0 fully saturated rings. The second kappa shape index (κ2) is 6.83. The van der Waals surface area contributed by atoms with E-state index in [0.717, 1.165) is 5.56 Å². The SMILES string of the molecule is Cc1cccc(C(CCCS(C)(=O)=O)NN)c1I. The Bertz CT molecular complexity index is 503. The zero-order chi connectivity index (χ0) is 13.8. The molecule has 1 aromatic carbocycles. The number of rotatable bonds is 6. The van der Waals surface area contributed by atoms with Crippen molar-refractivity contribution in [3.8, 4) is 0 Å². The van der Waals surface area contributed by atoms with Gasteiger partial charge in [0, 0.05) is 21.6 Å². The van der Waals surface area contributed by atoms with Gasteiger partial charge in [0.25, 0.3) is 0 Å². The van der Waals surface area contributed by atoms with Gasteiger partial charge in [-0.2, -0.15) is 0 Å². The lowest BCUT2D eigenvalue weighted by Gasteiger charge is -2.18. The molecule has 3 N–H and O–H groups in total. The first-order valence-electron chi connectivity index (χ1n) is 5.74. The van der Waals surface area contributed by atoms with Crippen LogP contribution in [-0.4, -0.2) is 20.4 Å². The summed E-state index contributed by atoms with van der Waals surface area (Å²) in [5, 5.41) is 0. The zero-order valence-electron chi connectivity index (χ0n) is 10.6. The predicted octanol–water partition coefficient (Wildman–Crippen LogP) is 1.93. The minimum absolute atomic E-state index is 0.00134. The van der Waals surface area contributed by atoms with Gasteiger partial charge in [-0.05, 0) is 53.5 Å². The molecule has 0 heterocycles. The highest BCUT2D eigenvalue weighted by molar-refractivity contribution is 14.1. The second-order valence-corrected chi connectivity index (χ2v) is 7.81. The number of hydrogen-bond acceptors (Lipinski definition) is 4. The smallest absolute Gasteiger partial charge is 0.147 e. The first kappa shape index (κ1) is 15.9. The summed E-state index contributed by atoms with van der Waals surface area (Å²) < 4.78 is 23.4. The number of hydrazine groups is 1. The van der Waals surface area contributed by atoms with Gasteiger partial charge in [0.05, 0.1) is 0 Å². The predicted molar refractivity (Wildman–Crippen MR) is 82.9 cm³/mol. The summed E-state index contributed by atoms with van der Waals surface area (Å²) in [6.45, 7) is 2.05. The lowest BCUT2D eigenvalue weighted by atomic mass is 10.0. The van der Waals surface area contributed by atoms with Crippen LogP contribution >= 0.6 is 22.6 Å². The van der Waals surface area contributed by atoms with Crippen molar-refractivity contribution in [2.75, 3.05) is 12.0 Å². The first-order chi connectivity index (χ1) is 8.35. The topological polar surface area (TPSA) is 72.2 Å². The van der Waals surface area contributed by atoms with E-state index < -0.39 is 9.84 Å². The summed E-state index contributed by atoms with van der Waals surface area (Å²) in [4.78, 5) is 0. The van der Waals surface area contributed by atoms with Crippen LogP contribution in [0.15, 0.2) is 18.2 Å². The molecule has 18 heavy (non-hydrogen) atoms. The van der Waals surface area contributed by atoms with E-state index in [0.29, 0.717) is 12.8 Å². The molecule has 0 aliphatic heterocycles. The Kier molecular flexibility index (Phi) is 6.03. The lowest BCUT2D eigenvalue weighted by molar-refractivity contribution is 0.505. The largest absolute Gasteiger partial charge is 0.271 e. The van der Waals surface area contributed by atoms with Crippen LogP contribution < -0.4 is 11.3 Å². The summed E-state index contributed by atoms with van der Waals surface area (Å²) in [5.41, 5.74) is 5.11. The number of halogens is 1. The minimum Gasteiger partial charge on any atom is -0.271 e. The van der Waals surface area contributed by atoms with Crippen LogP contribution in [0.1, 0.15) is 30.0 Å². The maximum Gasteiger partial charge on any atom is 0.147 e. The number of aryl methyl sites for hydroxylation is 1. The number of nitrogens with one attached hydrogen (secondary N) is 1. The van der Waals surface area contributed by atoms with E-state index in [-0.39, 0.29) is 11.8 Å². The highest BCUT2D eigenvalue weighted by Gasteiger charge is 2.14. The molecule has 0 bridgehead atoms. The van der Waals surface area contributed by atoms with E-state index in [9.17, 15) is 8.42 Å². The molecule has 6 heteroatoms. The van der Waals surface area contributed by atoms with Crippen molar-refractivity contribution in [3.05, 3.63) is 32.9 Å². The Morgan fingerprint density at radius 1 is 1.44 bits per heavy atom. The summed E-state index contributed by atoms with van der Waals surface area (Å²) >= 11 is 2.30. The maximum absolute atomic E-state index is 11.1. The Morgan fingerprint density at radius 2 is 2.11 bits per heavy atom. The molecular weight excluding hydrogens is 363 g/mol. The third-order valence-electron chi connectivity index (χ3n) is 2.81. The molecule has 1 unspecified atom stereocenters. The molecule has 1 atom stereocenters. The fourth-order valence-electron chi connectivity index (χ4n) is 1.82. The normalized spacial score (nSPS) is 13.6. The molecule has 0 aromatic heterocycles. The van der Waals surface area contributed by atoms with Crippen LogP contribution in [0.25, 0.3) is 0 Å². The Balaban J connectivity index is 2.75. The summed E-state index contributed by atoms with van der Waals surface area (Å²) in [5.74, 6) is 5.77. The fraction of sp³-hybridized carbons (Fsp3) is 0.500. The molecular formula is C12H19IN2O2S. The molecule has 0 spiro atoms. The van der Waals surface area contributed by atoms with Crippen LogP contribution in [0, 0.1) is 10.5 Å². The van der Waals surface area contributed by atoms with E-state index in [1.807, 2.05) is 12.1 Å². The van der Waals surface area contributed by atoms with Gasteiger partial charge < -0.3 is 0 Å². The van der Waals surface area contributed by atoms with Crippen molar-refractivity contribution in [2.24, 2.45) is 5.84 Å². The Hall–Kier alpha value is -0.180.